The van der Waals surface area contributed by atoms with Crippen molar-refractivity contribution in [3.63, 3.8) is 0 Å². The van der Waals surface area contributed by atoms with Crippen molar-refractivity contribution < 1.29 is 39.5 Å². The Morgan fingerprint density at radius 2 is 0.857 bits per heavy atom. The van der Waals surface area contributed by atoms with Crippen LogP contribution in [0, 0.1) is 110 Å². The molecule has 17 heteroatoms. The summed E-state index contributed by atoms with van der Waals surface area (Å²) in [4.78, 5) is 7.07. The molecule has 49 heavy (non-hydrogen) atoms. The Bertz CT molecular complexity index is 2330. The van der Waals surface area contributed by atoms with Crippen molar-refractivity contribution in [1.29, 1.82) is 31.6 Å². The highest BCUT2D eigenvalue weighted by atomic mass is 19.2. The number of hydrogen-bond donors (Lipinski definition) is 0. The normalized spacial score (nSPS) is 14.8. The van der Waals surface area contributed by atoms with Gasteiger partial charge >= 0.3 is 0 Å². The van der Waals surface area contributed by atoms with Gasteiger partial charge in [-0.05, 0) is 6.92 Å². The van der Waals surface area contributed by atoms with Gasteiger partial charge in [0.2, 0.25) is 0 Å². The molecule has 0 saturated heterocycles. The molecule has 3 aromatic rings. The van der Waals surface area contributed by atoms with E-state index >= 15 is 17.6 Å². The molecule has 0 aliphatic heterocycles. The largest absolute Gasteiger partial charge is 0.244 e. The maximum Gasteiger partial charge on any atom is 0.178 e. The average Bonchev–Trinajstić information content (AvgIpc) is 3.83. The van der Waals surface area contributed by atoms with Crippen LogP contribution in [0.15, 0.2) is 16.7 Å². The molecule has 240 valence electrons. The topological polar surface area (TPSA) is 169 Å². The molecular formula is C32H9F9N8. The van der Waals surface area contributed by atoms with Crippen molar-refractivity contribution in [3.05, 3.63) is 108 Å². The Morgan fingerprint density at radius 1 is 0.490 bits per heavy atom. The summed E-state index contributed by atoms with van der Waals surface area (Å²) in [5.74, 6) is -13.0. The molecule has 0 spiro atoms. The van der Waals surface area contributed by atoms with Crippen LogP contribution < -0.4 is 0 Å². The smallest absolute Gasteiger partial charge is 0.178 e. The van der Waals surface area contributed by atoms with Crippen LogP contribution >= 0.6 is 0 Å². The standard InChI is InChI=1S/C32H9F9N8/c1-11-12(5-42)29(38)31(40)25(27(11)36)16(9-46)23-22(15(8-45)21-18(2-33)48-20(4-35)49-19(21)3-34)24(23)17(10-47)26-28(37)13(6-43)14(7-44)30(39)32(26)41/h2-4H2,1H3/b22-15?,23-16+,24-17-. The summed E-state index contributed by atoms with van der Waals surface area (Å²) >= 11 is 0. The van der Waals surface area contributed by atoms with Gasteiger partial charge in [-0.1, -0.05) is 0 Å². The van der Waals surface area contributed by atoms with Crippen molar-refractivity contribution in [1.82, 2.24) is 9.97 Å². The summed E-state index contributed by atoms with van der Waals surface area (Å²) in [7, 11) is 0. The van der Waals surface area contributed by atoms with E-state index in [2.05, 4.69) is 9.97 Å². The zero-order valence-corrected chi connectivity index (χ0v) is 24.1. The van der Waals surface area contributed by atoms with Crippen LogP contribution in [0.25, 0.3) is 16.7 Å². The lowest BCUT2D eigenvalue weighted by Gasteiger charge is -2.10. The van der Waals surface area contributed by atoms with Gasteiger partial charge in [0.15, 0.2) is 34.9 Å². The van der Waals surface area contributed by atoms with Gasteiger partial charge in [-0.2, -0.15) is 31.6 Å². The van der Waals surface area contributed by atoms with E-state index in [-0.39, 0.29) is 0 Å². The minimum Gasteiger partial charge on any atom is -0.244 e. The van der Waals surface area contributed by atoms with Crippen LogP contribution in [-0.4, -0.2) is 9.97 Å². The van der Waals surface area contributed by atoms with Crippen LogP contribution in [0.3, 0.4) is 0 Å². The Labute approximate surface area is 269 Å². The summed E-state index contributed by atoms with van der Waals surface area (Å²) in [5, 5.41) is 58.0. The zero-order valence-electron chi connectivity index (χ0n) is 24.1. The van der Waals surface area contributed by atoms with Gasteiger partial charge < -0.3 is 0 Å². The molecule has 0 atom stereocenters. The molecule has 1 aliphatic carbocycles. The van der Waals surface area contributed by atoms with E-state index in [9.17, 15) is 43.0 Å². The van der Waals surface area contributed by atoms with E-state index in [4.69, 9.17) is 10.5 Å². The molecular weight excluding hydrogens is 667 g/mol. The average molecular weight is 676 g/mol. The number of allylic oxidation sites excluding steroid dienone is 6. The number of alkyl halides is 3. The third-order valence-electron chi connectivity index (χ3n) is 7.21. The molecule has 0 radical (unpaired) electrons. The van der Waals surface area contributed by atoms with E-state index in [0.29, 0.717) is 0 Å². The molecule has 1 heterocycles. The zero-order chi connectivity index (χ0) is 36.5. The first-order chi connectivity index (χ1) is 23.4. The van der Waals surface area contributed by atoms with Crippen molar-refractivity contribution in [3.8, 4) is 36.4 Å². The quantitative estimate of drug-likeness (QED) is 0.154. The summed E-state index contributed by atoms with van der Waals surface area (Å²) in [6.45, 7) is -3.90. The molecule has 0 amide bonds. The summed E-state index contributed by atoms with van der Waals surface area (Å²) < 4.78 is 133. The van der Waals surface area contributed by atoms with E-state index in [0.717, 1.165) is 19.1 Å². The Balaban J connectivity index is 2.37. The van der Waals surface area contributed by atoms with E-state index < -0.39 is 145 Å². The second kappa shape index (κ2) is 13.4. The van der Waals surface area contributed by atoms with Crippen LogP contribution in [0.2, 0.25) is 0 Å². The van der Waals surface area contributed by atoms with E-state index in [1.54, 1.807) is 0 Å². The highest BCUT2D eigenvalue weighted by Crippen LogP contribution is 2.57. The molecule has 0 bridgehead atoms. The third kappa shape index (κ3) is 5.26. The molecule has 4 rings (SSSR count). The molecule has 1 saturated carbocycles. The van der Waals surface area contributed by atoms with Crippen LogP contribution in [0.1, 0.15) is 56.2 Å². The summed E-state index contributed by atoms with van der Waals surface area (Å²) in [6, 6.07) is 7.45. The Kier molecular flexibility index (Phi) is 9.56. The van der Waals surface area contributed by atoms with Gasteiger partial charge in [0.1, 0.15) is 73.4 Å². The van der Waals surface area contributed by atoms with E-state index in [1.807, 2.05) is 0 Å². The lowest BCUT2D eigenvalue weighted by Crippen LogP contribution is -2.08. The minimum absolute atomic E-state index is 0.752. The number of nitriles is 6. The first-order valence-corrected chi connectivity index (χ1v) is 13.0. The molecule has 8 nitrogen and oxygen atoms in total. The lowest BCUT2D eigenvalue weighted by atomic mass is 9.95. The van der Waals surface area contributed by atoms with Crippen LogP contribution in [-0.2, 0) is 20.0 Å². The van der Waals surface area contributed by atoms with Gasteiger partial charge in [0.05, 0.1) is 44.8 Å². The number of halogens is 9. The molecule has 0 unspecified atom stereocenters. The van der Waals surface area contributed by atoms with Crippen molar-refractivity contribution in [2.75, 3.05) is 0 Å². The molecule has 0 N–H and O–H groups in total. The number of nitrogens with zero attached hydrogens (tertiary/aromatic N) is 8. The second-order valence-corrected chi connectivity index (χ2v) is 9.61. The fourth-order valence-corrected chi connectivity index (χ4v) is 5.02. The molecule has 1 aromatic heterocycles. The fourth-order valence-electron chi connectivity index (χ4n) is 5.02. The predicted molar refractivity (Wildman–Crippen MR) is 146 cm³/mol. The lowest BCUT2D eigenvalue weighted by molar-refractivity contribution is 0.433. The SMILES string of the molecule is Cc1c(F)c(/C(C#N)=C2\C(=C(C#N)c3c(CF)nc(CF)nc3CF)\C2=C(/C#N)c2c(F)c(F)c(C#N)c(C#N)c2F)c(F)c(F)c1C#N. The van der Waals surface area contributed by atoms with Crippen LogP contribution in [0.4, 0.5) is 39.5 Å². The first-order valence-electron chi connectivity index (χ1n) is 13.0. The highest BCUT2D eigenvalue weighted by Gasteiger charge is 2.45. The summed E-state index contributed by atoms with van der Waals surface area (Å²) in [6.07, 6.45) is 0. The van der Waals surface area contributed by atoms with Gasteiger partial charge in [-0.3, -0.25) is 0 Å². The Morgan fingerprint density at radius 3 is 1.22 bits per heavy atom. The van der Waals surface area contributed by atoms with Crippen molar-refractivity contribution >= 4 is 16.7 Å². The minimum atomic E-state index is -2.25. The van der Waals surface area contributed by atoms with Crippen molar-refractivity contribution in [2.24, 2.45) is 0 Å². The second-order valence-electron chi connectivity index (χ2n) is 9.61. The molecule has 1 aliphatic rings. The van der Waals surface area contributed by atoms with Crippen molar-refractivity contribution in [2.45, 2.75) is 26.9 Å². The van der Waals surface area contributed by atoms with Gasteiger partial charge in [-0.15, -0.1) is 0 Å². The fraction of sp³-hybridized carbons (Fsp3) is 0.125. The predicted octanol–water partition coefficient (Wildman–Crippen LogP) is 6.89. The van der Waals surface area contributed by atoms with E-state index in [1.165, 1.54) is 24.3 Å². The molecule has 2 aromatic carbocycles. The third-order valence-corrected chi connectivity index (χ3v) is 7.21. The maximum atomic E-state index is 15.6. The van der Waals surface area contributed by atoms with Gasteiger partial charge in [0.25, 0.3) is 0 Å². The summed E-state index contributed by atoms with van der Waals surface area (Å²) in [5.41, 5.74) is -17.0. The number of aromatic nitrogens is 2. The highest BCUT2D eigenvalue weighted by molar-refractivity contribution is 6.12. The van der Waals surface area contributed by atoms with Gasteiger partial charge in [-0.25, -0.2) is 49.5 Å². The number of rotatable bonds is 6. The maximum absolute atomic E-state index is 15.6. The number of hydrogen-bond acceptors (Lipinski definition) is 8. The number of benzene rings is 2. The molecule has 1 fully saturated rings. The van der Waals surface area contributed by atoms with Crippen LogP contribution in [0.5, 0.6) is 0 Å². The first kappa shape index (κ1) is 34.9. The monoisotopic (exact) mass is 676 g/mol. The van der Waals surface area contributed by atoms with Gasteiger partial charge in [0, 0.05) is 27.8 Å². The Hall–Kier alpha value is -6.95.